The Kier molecular flexibility index (Phi) is 50.2. The summed E-state index contributed by atoms with van der Waals surface area (Å²) in [5, 5.41) is 76.1. The topological polar surface area (TPSA) is 756 Å². The first-order chi connectivity index (χ1) is 63.4. The Morgan fingerprint density at radius 1 is 0.493 bits per heavy atom. The second kappa shape index (κ2) is 59.2. The van der Waals surface area contributed by atoms with Crippen LogP contribution in [0.1, 0.15) is 135 Å². The molecule has 47 nitrogen and oxygen atoms in total. The van der Waals surface area contributed by atoms with Gasteiger partial charge in [-0.15, -0.1) is 0 Å². The number of thioether (sulfide) groups is 2. The van der Waals surface area contributed by atoms with E-state index in [1.54, 1.807) is 56.5 Å². The Bertz CT molecular complexity index is 4510. The number of imidazole rings is 1. The number of hydrogen-bond donors (Lipinski definition) is 25. The Balaban J connectivity index is 1.50. The normalized spacial score (nSPS) is 15.6. The third-order valence-corrected chi connectivity index (χ3v) is 22.5. The average molecular weight is 1940 g/mol. The van der Waals surface area contributed by atoms with Gasteiger partial charge >= 0.3 is 17.9 Å². The number of H-pyrrole nitrogens is 1. The van der Waals surface area contributed by atoms with E-state index in [2.05, 4.69) is 102 Å². The van der Waals surface area contributed by atoms with Crippen LogP contribution >= 0.6 is 36.2 Å². The van der Waals surface area contributed by atoms with Gasteiger partial charge in [-0.1, -0.05) is 88.4 Å². The van der Waals surface area contributed by atoms with Crippen LogP contribution in [0.2, 0.25) is 0 Å². The third-order valence-electron chi connectivity index (χ3n) is 20.8. The van der Waals surface area contributed by atoms with E-state index >= 15 is 0 Å². The molecule has 1 fully saturated rings. The molecule has 1 aliphatic heterocycles. The van der Waals surface area contributed by atoms with Crippen molar-refractivity contribution in [3.05, 3.63) is 90.0 Å². The number of thiol groups is 1. The van der Waals surface area contributed by atoms with E-state index in [0.717, 1.165) is 6.92 Å². The summed E-state index contributed by atoms with van der Waals surface area (Å²) in [7, 11) is 0. The van der Waals surface area contributed by atoms with E-state index in [-0.39, 0.29) is 56.9 Å². The van der Waals surface area contributed by atoms with Crippen molar-refractivity contribution in [3.63, 3.8) is 0 Å². The standard InChI is InChI=1S/C84H126N22O25S3/c1-43(2)31-59(84(130)131)102-71(117)50(21-14-15-27-85)94-73(119)52(26-30-134-7)95-77(123)56(35-64(88)109)101-82(128)68(44(3)4)105-80(126)61(41-132)104-76(122)54(33-47-19-12-9-13-20-47)97-78(124)58(37-67(113)114)99-79(125)60(40-107)103-69(115)45(5)92-74(120)57(36-66(111)112)98-75(121)53(32-46-17-10-8-11-18-46)96-72(118)51(23-24-63(87)108)93-65(110)39-90-70(116)55(34-48-38-89-42-91-48)100-81(127)62-22-16-28-106(62)83(129)49(86)25-29-133-6/h8-13,17-20,38,42-45,49-62,68,107,132H,14-16,21-37,39-41,85-86H2,1-7H3,(H2,87,108)(H2,88,109)(H,89,91)(H,90,116)(H,92,120)(H,93,110)(H,94,119)(H,95,123)(H,96,118)(H,97,124)(H,98,121)(H,99,125)(H,100,127)(H,101,128)(H,102,117)(H,103,115)(H,104,122)(H,105,126)(H,111,112)(H,113,114)(H,130,131)/t45-,49-,50-,51-,52-,53-,54-,55-,56-,57-,58-,59-,60-,61-,62-,68-/m0/s1. The summed E-state index contributed by atoms with van der Waals surface area (Å²) in [6, 6.07) is -10.2. The van der Waals surface area contributed by atoms with Gasteiger partial charge in [0.25, 0.3) is 0 Å². The number of nitrogens with two attached hydrogens (primary N) is 4. The van der Waals surface area contributed by atoms with Crippen molar-refractivity contribution in [2.75, 3.05) is 56.0 Å². The molecule has 0 bridgehead atoms. The number of primary amides is 2. The van der Waals surface area contributed by atoms with Crippen LogP contribution in [-0.2, 0) is 120 Å². The van der Waals surface area contributed by atoms with Crippen LogP contribution in [0.25, 0.3) is 0 Å². The van der Waals surface area contributed by atoms with Crippen molar-refractivity contribution in [2.24, 2.45) is 34.8 Å². The Morgan fingerprint density at radius 3 is 1.42 bits per heavy atom. The van der Waals surface area contributed by atoms with Gasteiger partial charge in [0.05, 0.1) is 50.5 Å². The summed E-state index contributed by atoms with van der Waals surface area (Å²) in [5.41, 5.74) is 23.9. The smallest absolute Gasteiger partial charge is 0.326 e. The minimum Gasteiger partial charge on any atom is -0.481 e. The lowest BCUT2D eigenvalue weighted by atomic mass is 10.0. The molecular weight excluding hydrogens is 1810 g/mol. The number of hydrogen-bond acceptors (Lipinski definition) is 28. The number of carbonyl (C=O) groups excluding carboxylic acids is 18. The number of aliphatic hydroxyl groups is 1. The van der Waals surface area contributed by atoms with Crippen molar-refractivity contribution < 1.29 is 121 Å². The van der Waals surface area contributed by atoms with Gasteiger partial charge in [-0.05, 0) is 118 Å². The van der Waals surface area contributed by atoms with Gasteiger partial charge < -0.3 is 133 Å². The van der Waals surface area contributed by atoms with Gasteiger partial charge in [-0.25, -0.2) is 9.78 Å². The number of nitrogens with zero attached hydrogens (tertiary/aromatic N) is 2. The van der Waals surface area contributed by atoms with Gasteiger partial charge in [-0.3, -0.25) is 95.9 Å². The van der Waals surface area contributed by atoms with E-state index in [4.69, 9.17) is 22.9 Å². The number of aliphatic carboxylic acids is 3. The summed E-state index contributed by atoms with van der Waals surface area (Å²) in [6.07, 6.45) is 2.84. The second-order valence-corrected chi connectivity index (χ2v) is 34.8. The average Bonchev–Trinajstić information content (AvgIpc) is 1.67. The molecule has 2 heterocycles. The zero-order chi connectivity index (χ0) is 100. The first kappa shape index (κ1) is 114. The Labute approximate surface area is 786 Å². The highest BCUT2D eigenvalue weighted by Gasteiger charge is 2.42. The molecule has 134 heavy (non-hydrogen) atoms. The van der Waals surface area contributed by atoms with Crippen LogP contribution in [-0.4, -0.2) is 312 Å². The molecule has 3 aromatic rings. The summed E-state index contributed by atoms with van der Waals surface area (Å²) in [5.74, 6) is -24.5. The van der Waals surface area contributed by atoms with Crippen LogP contribution < -0.4 is 103 Å². The SMILES string of the molecule is CSCC[C@H](NC(=O)[C@H](CC(N)=O)NC(=O)[C@@H](NC(=O)[C@H](CS)NC(=O)[C@H](Cc1ccccc1)NC(=O)[C@H](CC(=O)O)NC(=O)[C@H](CO)NC(=O)[C@H](C)NC(=O)[C@H](CC(=O)O)NC(=O)[C@H](Cc1ccccc1)NC(=O)[C@H](CCC(N)=O)NC(=O)CNC(=O)[C@H](Cc1c[nH]cn1)NC(=O)[C@@H]1CCCN1C(=O)[C@@H](N)CCSC)C(C)C)C(=O)N[C@@H](CCCCN)C(=O)N[C@@H](CC(C)C)C(=O)O. The van der Waals surface area contributed by atoms with Crippen molar-refractivity contribution in [3.8, 4) is 0 Å². The number of benzene rings is 2. The molecule has 16 atom stereocenters. The fraction of sp³-hybridized carbons (Fsp3) is 0.571. The second-order valence-electron chi connectivity index (χ2n) is 32.5. The monoisotopic (exact) mass is 1940 g/mol. The molecule has 0 saturated carbocycles. The maximum absolute atomic E-state index is 14.5. The van der Waals surface area contributed by atoms with Gasteiger partial charge in [0, 0.05) is 44.2 Å². The lowest BCUT2D eigenvalue weighted by molar-refractivity contribution is -0.143. The number of nitrogens with one attached hydrogen (secondary N) is 16. The minimum atomic E-state index is -2.15. The molecule has 0 aliphatic carbocycles. The highest BCUT2D eigenvalue weighted by molar-refractivity contribution is 7.98. The maximum Gasteiger partial charge on any atom is 0.326 e. The number of aromatic nitrogens is 2. The molecule has 50 heteroatoms. The molecule has 1 aromatic heterocycles. The number of aromatic amines is 1. The predicted octanol–water partition coefficient (Wildman–Crippen LogP) is -6.89. The summed E-state index contributed by atoms with van der Waals surface area (Å²) in [6.45, 7) is 5.78. The molecule has 740 valence electrons. The highest BCUT2D eigenvalue weighted by Crippen LogP contribution is 2.21. The van der Waals surface area contributed by atoms with Crippen molar-refractivity contribution >= 4 is 160 Å². The molecule has 0 unspecified atom stereocenters. The molecule has 0 radical (unpaired) electrons. The minimum absolute atomic E-state index is 0.0177. The molecule has 18 amide bonds. The number of carboxylic acids is 3. The molecule has 28 N–H and O–H groups in total. The quantitative estimate of drug-likeness (QED) is 0.0184. The van der Waals surface area contributed by atoms with Gasteiger partial charge in [0.2, 0.25) is 106 Å². The van der Waals surface area contributed by atoms with Gasteiger partial charge in [0.1, 0.15) is 90.6 Å². The van der Waals surface area contributed by atoms with Crippen molar-refractivity contribution in [1.29, 1.82) is 0 Å². The van der Waals surface area contributed by atoms with Crippen LogP contribution in [0.4, 0.5) is 0 Å². The largest absolute Gasteiger partial charge is 0.481 e. The summed E-state index contributed by atoms with van der Waals surface area (Å²) in [4.78, 5) is 294. The fourth-order valence-corrected chi connectivity index (χ4v) is 14.8. The number of aliphatic hydroxyl groups excluding tert-OH is 1. The summed E-state index contributed by atoms with van der Waals surface area (Å²) >= 11 is 7.02. The third kappa shape index (κ3) is 40.5. The van der Waals surface area contributed by atoms with E-state index in [1.165, 1.54) is 79.1 Å². The Hall–Kier alpha value is -12.5. The Morgan fingerprint density at radius 2 is 0.940 bits per heavy atom. The first-order valence-electron chi connectivity index (χ1n) is 43.2. The first-order valence-corrected chi connectivity index (χ1v) is 46.6. The van der Waals surface area contributed by atoms with Crippen molar-refractivity contribution in [2.45, 2.75) is 234 Å². The van der Waals surface area contributed by atoms with E-state index in [9.17, 15) is 121 Å². The molecule has 0 spiro atoms. The molecular formula is C84H126N22O25S3. The number of rotatable bonds is 62. The lowest BCUT2D eigenvalue weighted by Gasteiger charge is -2.29. The zero-order valence-electron chi connectivity index (χ0n) is 75.4. The molecule has 2 aromatic carbocycles. The number of likely N-dealkylation sites (tertiary alicyclic amines) is 1. The van der Waals surface area contributed by atoms with E-state index in [1.807, 2.05) is 6.26 Å². The van der Waals surface area contributed by atoms with Gasteiger partial charge in [-0.2, -0.15) is 36.2 Å². The highest BCUT2D eigenvalue weighted by atomic mass is 32.2. The fourth-order valence-electron chi connectivity index (χ4n) is 13.6. The molecule has 1 aliphatic rings. The van der Waals surface area contributed by atoms with Crippen LogP contribution in [0, 0.1) is 11.8 Å². The zero-order valence-corrected chi connectivity index (χ0v) is 77.9. The predicted molar refractivity (Wildman–Crippen MR) is 490 cm³/mol. The van der Waals surface area contributed by atoms with E-state index < -0.39 is 291 Å². The number of carbonyl (C=O) groups is 21. The van der Waals surface area contributed by atoms with Crippen molar-refractivity contribution in [1.82, 2.24) is 94.6 Å². The molecule has 4 rings (SSSR count). The van der Waals surface area contributed by atoms with Crippen LogP contribution in [0.5, 0.6) is 0 Å². The van der Waals surface area contributed by atoms with Crippen LogP contribution in [0.3, 0.4) is 0 Å². The molecule has 1 saturated heterocycles. The maximum atomic E-state index is 14.5. The lowest BCUT2D eigenvalue weighted by Crippen LogP contribution is -2.62. The number of amides is 18. The van der Waals surface area contributed by atoms with E-state index in [0.29, 0.717) is 48.3 Å². The number of unbranched alkanes of at least 4 members (excludes halogenated alkanes) is 1. The number of carboxylic acid groups (broad SMARTS) is 3. The summed E-state index contributed by atoms with van der Waals surface area (Å²) < 4.78 is 0. The van der Waals surface area contributed by atoms with Gasteiger partial charge in [0.15, 0.2) is 0 Å². The van der Waals surface area contributed by atoms with Crippen LogP contribution in [0.15, 0.2) is 73.2 Å².